The van der Waals surface area contributed by atoms with Crippen molar-refractivity contribution in [3.8, 4) is 6.07 Å². The van der Waals surface area contributed by atoms with Gasteiger partial charge in [0.2, 0.25) is 0 Å². The van der Waals surface area contributed by atoms with Crippen molar-refractivity contribution in [3.05, 3.63) is 0 Å². The Bertz CT molecular complexity index is 134. The predicted octanol–water partition coefficient (Wildman–Crippen LogP) is 0.280. The molecule has 0 spiro atoms. The Morgan fingerprint density at radius 1 is 1.42 bits per heavy atom. The molecule has 4 nitrogen and oxygen atoms in total. The van der Waals surface area contributed by atoms with E-state index in [1.165, 1.54) is 0 Å². The van der Waals surface area contributed by atoms with Crippen molar-refractivity contribution in [2.24, 2.45) is 5.73 Å². The van der Waals surface area contributed by atoms with Gasteiger partial charge in [0.1, 0.15) is 0 Å². The van der Waals surface area contributed by atoms with Crippen LogP contribution in [-0.2, 0) is 9.47 Å². The first kappa shape index (κ1) is 11.4. The van der Waals surface area contributed by atoms with Crippen molar-refractivity contribution in [1.82, 2.24) is 0 Å². The van der Waals surface area contributed by atoms with Gasteiger partial charge in [0.15, 0.2) is 0 Å². The number of methoxy groups -OCH3 is 1. The molecule has 70 valence electrons. The third-order valence-corrected chi connectivity index (χ3v) is 1.38. The molecule has 0 saturated heterocycles. The van der Waals surface area contributed by atoms with E-state index in [9.17, 15) is 0 Å². The largest absolute Gasteiger partial charge is 0.385 e. The minimum Gasteiger partial charge on any atom is -0.385 e. The Hall–Kier alpha value is -0.630. The molecule has 0 aliphatic rings. The Labute approximate surface area is 73.3 Å². The third kappa shape index (κ3) is 7.48. The summed E-state index contributed by atoms with van der Waals surface area (Å²) in [6.45, 7) is 1.94. The number of nitrogens with zero attached hydrogens (tertiary/aromatic N) is 1. The van der Waals surface area contributed by atoms with Gasteiger partial charge in [-0.3, -0.25) is 0 Å². The first-order valence-electron chi connectivity index (χ1n) is 4.03. The van der Waals surface area contributed by atoms with Gasteiger partial charge in [-0.15, -0.1) is 0 Å². The maximum atomic E-state index is 8.32. The fourth-order valence-corrected chi connectivity index (χ4v) is 0.682. The third-order valence-electron chi connectivity index (χ3n) is 1.38. The van der Waals surface area contributed by atoms with E-state index in [-0.39, 0.29) is 0 Å². The molecule has 0 aromatic carbocycles. The lowest BCUT2D eigenvalue weighted by Crippen LogP contribution is -2.19. The predicted molar refractivity (Wildman–Crippen MR) is 45.5 cm³/mol. The summed E-state index contributed by atoms with van der Waals surface area (Å²) in [4.78, 5) is 0. The van der Waals surface area contributed by atoms with Gasteiger partial charge in [-0.1, -0.05) is 0 Å². The number of hydrogen-bond donors (Lipinski definition) is 1. The Morgan fingerprint density at radius 2 is 2.17 bits per heavy atom. The van der Waals surface area contributed by atoms with Crippen molar-refractivity contribution >= 4 is 0 Å². The lowest BCUT2D eigenvalue weighted by molar-refractivity contribution is 0.100. The van der Waals surface area contributed by atoms with Crippen LogP contribution >= 0.6 is 0 Å². The fraction of sp³-hybridized carbons (Fsp3) is 0.875. The van der Waals surface area contributed by atoms with Gasteiger partial charge in [0, 0.05) is 26.9 Å². The molecule has 0 amide bonds. The maximum absolute atomic E-state index is 8.32. The van der Waals surface area contributed by atoms with Crippen molar-refractivity contribution in [3.63, 3.8) is 0 Å². The van der Waals surface area contributed by atoms with Gasteiger partial charge < -0.3 is 15.2 Å². The van der Waals surface area contributed by atoms with E-state index in [4.69, 9.17) is 20.5 Å². The lowest BCUT2D eigenvalue weighted by Gasteiger charge is -2.04. The van der Waals surface area contributed by atoms with Crippen molar-refractivity contribution in [2.75, 3.05) is 26.9 Å². The first-order valence-corrected chi connectivity index (χ1v) is 4.03. The Balaban J connectivity index is 2.96. The number of hydrogen-bond acceptors (Lipinski definition) is 4. The second kappa shape index (κ2) is 8.47. The van der Waals surface area contributed by atoms with E-state index in [2.05, 4.69) is 0 Å². The van der Waals surface area contributed by atoms with Crippen LogP contribution in [0.5, 0.6) is 0 Å². The van der Waals surface area contributed by atoms with E-state index >= 15 is 0 Å². The highest BCUT2D eigenvalue weighted by atomic mass is 16.5. The first-order chi connectivity index (χ1) is 5.81. The van der Waals surface area contributed by atoms with E-state index in [0.29, 0.717) is 26.2 Å². The summed E-state index contributed by atoms with van der Waals surface area (Å²) in [6, 6.07) is 1.54. The molecule has 0 saturated carbocycles. The van der Waals surface area contributed by atoms with Crippen LogP contribution in [-0.4, -0.2) is 33.0 Å². The van der Waals surface area contributed by atoms with Gasteiger partial charge in [-0.25, -0.2) is 0 Å². The fourth-order valence-electron chi connectivity index (χ4n) is 0.682. The van der Waals surface area contributed by atoms with Crippen LogP contribution in [0, 0.1) is 11.3 Å². The van der Waals surface area contributed by atoms with Gasteiger partial charge in [-0.05, 0) is 12.8 Å². The van der Waals surface area contributed by atoms with Gasteiger partial charge in [0.25, 0.3) is 0 Å². The normalized spacial score (nSPS) is 12.4. The Kier molecular flexibility index (Phi) is 8.02. The quantitative estimate of drug-likeness (QED) is 0.560. The molecule has 2 N–H and O–H groups in total. The molecule has 1 unspecified atom stereocenters. The maximum Gasteiger partial charge on any atom is 0.0950 e. The summed E-state index contributed by atoms with van der Waals surface area (Å²) in [5.74, 6) is 0. The molecule has 12 heavy (non-hydrogen) atoms. The van der Waals surface area contributed by atoms with Crippen LogP contribution in [0.1, 0.15) is 12.8 Å². The van der Waals surface area contributed by atoms with Crippen LogP contribution < -0.4 is 5.73 Å². The van der Waals surface area contributed by atoms with Gasteiger partial charge >= 0.3 is 0 Å². The monoisotopic (exact) mass is 172 g/mol. The highest BCUT2D eigenvalue weighted by molar-refractivity contribution is 4.85. The van der Waals surface area contributed by atoms with Crippen molar-refractivity contribution in [2.45, 2.75) is 18.9 Å². The average Bonchev–Trinajstić information content (AvgIpc) is 2.10. The standard InChI is InChI=1S/C8H16N2O2/c1-11-4-2-5-12-6-3-8(10)7-9/h8H,2-6,10H2,1H3. The van der Waals surface area contributed by atoms with Gasteiger partial charge in [-0.2, -0.15) is 5.26 Å². The average molecular weight is 172 g/mol. The summed E-state index contributed by atoms with van der Waals surface area (Å²) in [6.07, 6.45) is 1.49. The minimum atomic E-state index is -0.396. The molecule has 0 bridgehead atoms. The Morgan fingerprint density at radius 3 is 2.75 bits per heavy atom. The second-order valence-electron chi connectivity index (χ2n) is 2.48. The minimum absolute atomic E-state index is 0.396. The summed E-state index contributed by atoms with van der Waals surface area (Å²) in [5.41, 5.74) is 5.35. The van der Waals surface area contributed by atoms with Crippen LogP contribution in [0.25, 0.3) is 0 Å². The van der Waals surface area contributed by atoms with E-state index in [0.717, 1.165) is 6.42 Å². The van der Waals surface area contributed by atoms with Crippen LogP contribution in [0.4, 0.5) is 0 Å². The summed E-state index contributed by atoms with van der Waals surface area (Å²) in [5, 5.41) is 8.32. The summed E-state index contributed by atoms with van der Waals surface area (Å²) < 4.78 is 10.0. The zero-order chi connectivity index (χ0) is 9.23. The molecule has 4 heteroatoms. The number of ether oxygens (including phenoxy) is 2. The molecule has 0 aromatic rings. The topological polar surface area (TPSA) is 68.3 Å². The molecule has 0 radical (unpaired) electrons. The molecule has 0 aromatic heterocycles. The smallest absolute Gasteiger partial charge is 0.0950 e. The van der Waals surface area contributed by atoms with Crippen molar-refractivity contribution < 1.29 is 9.47 Å². The lowest BCUT2D eigenvalue weighted by atomic mass is 10.3. The molecule has 0 fully saturated rings. The molecular formula is C8H16N2O2. The van der Waals surface area contributed by atoms with Crippen LogP contribution in [0.3, 0.4) is 0 Å². The molecule has 0 aliphatic carbocycles. The van der Waals surface area contributed by atoms with E-state index < -0.39 is 6.04 Å². The van der Waals surface area contributed by atoms with Crippen molar-refractivity contribution in [1.29, 1.82) is 5.26 Å². The zero-order valence-electron chi connectivity index (χ0n) is 7.45. The van der Waals surface area contributed by atoms with E-state index in [1.807, 2.05) is 6.07 Å². The van der Waals surface area contributed by atoms with Crippen LogP contribution in [0.2, 0.25) is 0 Å². The highest BCUT2D eigenvalue weighted by Crippen LogP contribution is 1.89. The van der Waals surface area contributed by atoms with E-state index in [1.54, 1.807) is 7.11 Å². The number of nitriles is 1. The summed E-state index contributed by atoms with van der Waals surface area (Å²) >= 11 is 0. The molecule has 0 heterocycles. The van der Waals surface area contributed by atoms with Crippen LogP contribution in [0.15, 0.2) is 0 Å². The zero-order valence-corrected chi connectivity index (χ0v) is 7.45. The number of rotatable bonds is 7. The highest BCUT2D eigenvalue weighted by Gasteiger charge is 1.98. The summed E-state index contributed by atoms with van der Waals surface area (Å²) in [7, 11) is 1.66. The molecule has 0 rings (SSSR count). The number of nitrogens with two attached hydrogens (primary N) is 1. The SMILES string of the molecule is COCCCOCCC(N)C#N. The molecular weight excluding hydrogens is 156 g/mol. The second-order valence-corrected chi connectivity index (χ2v) is 2.48. The molecule has 1 atom stereocenters. The van der Waals surface area contributed by atoms with Gasteiger partial charge in [0.05, 0.1) is 12.1 Å². The molecule has 0 aliphatic heterocycles.